The molecule has 2 amide bonds. The Morgan fingerprint density at radius 1 is 1.23 bits per heavy atom. The first-order chi connectivity index (χ1) is 12.4. The molecular weight excluding hydrogens is 352 g/mol. The zero-order chi connectivity index (χ0) is 18.7. The average molecular weight is 370 g/mol. The van der Waals surface area contributed by atoms with Gasteiger partial charge in [-0.15, -0.1) is 0 Å². The van der Waals surface area contributed by atoms with Crippen LogP contribution in [-0.4, -0.2) is 28.4 Å². The number of primary amides is 1. The molecule has 0 saturated heterocycles. The van der Waals surface area contributed by atoms with Crippen LogP contribution in [0, 0.1) is 6.92 Å². The number of nitrogens with zero attached hydrogens (tertiary/aromatic N) is 1. The molecule has 3 rings (SSSR count). The summed E-state index contributed by atoms with van der Waals surface area (Å²) in [7, 11) is 0. The van der Waals surface area contributed by atoms with Gasteiger partial charge in [0, 0.05) is 5.69 Å². The van der Waals surface area contributed by atoms with Crippen LogP contribution in [0.3, 0.4) is 0 Å². The molecule has 8 heteroatoms. The highest BCUT2D eigenvalue weighted by Gasteiger charge is 2.13. The Bertz CT molecular complexity index is 953. The van der Waals surface area contributed by atoms with Gasteiger partial charge in [-0.05, 0) is 42.3 Å². The van der Waals surface area contributed by atoms with Gasteiger partial charge in [-0.1, -0.05) is 29.5 Å². The lowest BCUT2D eigenvalue weighted by molar-refractivity contribution is -0.126. The van der Waals surface area contributed by atoms with Crippen molar-refractivity contribution in [3.8, 4) is 0 Å². The van der Waals surface area contributed by atoms with Crippen molar-refractivity contribution >= 4 is 44.2 Å². The quantitative estimate of drug-likeness (QED) is 0.530. The van der Waals surface area contributed by atoms with Crippen LogP contribution in [0.15, 0.2) is 42.5 Å². The molecule has 5 N–H and O–H groups in total. The Morgan fingerprint density at radius 3 is 2.65 bits per heavy atom. The molecule has 0 spiro atoms. The molecular formula is C18H18N4O3S. The maximum absolute atomic E-state index is 12.1. The van der Waals surface area contributed by atoms with Crippen molar-refractivity contribution in [3.63, 3.8) is 0 Å². The second kappa shape index (κ2) is 7.51. The molecule has 1 aromatic heterocycles. The summed E-state index contributed by atoms with van der Waals surface area (Å²) in [6.45, 7) is 2.10. The van der Waals surface area contributed by atoms with Crippen molar-refractivity contribution in [2.75, 3.05) is 17.2 Å². The lowest BCUT2D eigenvalue weighted by Crippen LogP contribution is -2.22. The Balaban J connectivity index is 1.57. The molecule has 2 aromatic carbocycles. The monoisotopic (exact) mass is 370 g/mol. The minimum atomic E-state index is -1.36. The smallest absolute Gasteiger partial charge is 0.250 e. The summed E-state index contributed by atoms with van der Waals surface area (Å²) in [5.74, 6) is -1.05. The van der Waals surface area contributed by atoms with E-state index in [9.17, 15) is 14.7 Å². The van der Waals surface area contributed by atoms with Crippen LogP contribution in [0.25, 0.3) is 10.2 Å². The summed E-state index contributed by atoms with van der Waals surface area (Å²) in [6.07, 6.45) is -1.36. The SMILES string of the molecule is Cc1ccc2nc(NCC(=O)Nc3ccc(C(O)C(N)=O)cc3)sc2c1. The molecule has 0 aliphatic rings. The molecule has 0 aliphatic heterocycles. The normalized spacial score (nSPS) is 11.9. The van der Waals surface area contributed by atoms with E-state index in [0.29, 0.717) is 16.4 Å². The molecule has 0 aliphatic carbocycles. The number of carbonyl (C=O) groups is 2. The van der Waals surface area contributed by atoms with Crippen LogP contribution < -0.4 is 16.4 Å². The number of aliphatic hydroxyl groups is 1. The predicted molar refractivity (Wildman–Crippen MR) is 102 cm³/mol. The number of thiazole rings is 1. The molecule has 0 radical (unpaired) electrons. The minimum Gasteiger partial charge on any atom is -0.378 e. The van der Waals surface area contributed by atoms with Gasteiger partial charge in [-0.2, -0.15) is 0 Å². The van der Waals surface area contributed by atoms with E-state index in [4.69, 9.17) is 5.73 Å². The second-order valence-corrected chi connectivity index (χ2v) is 6.85. The molecule has 1 heterocycles. The van der Waals surface area contributed by atoms with Crippen molar-refractivity contribution in [2.24, 2.45) is 5.73 Å². The Hall–Kier alpha value is -2.97. The van der Waals surface area contributed by atoms with Gasteiger partial charge in [0.05, 0.1) is 16.8 Å². The molecule has 1 atom stereocenters. The van der Waals surface area contributed by atoms with E-state index in [1.54, 1.807) is 12.1 Å². The number of hydrogen-bond acceptors (Lipinski definition) is 6. The van der Waals surface area contributed by atoms with Crippen molar-refractivity contribution in [1.82, 2.24) is 4.98 Å². The van der Waals surface area contributed by atoms with Crippen LogP contribution in [0.1, 0.15) is 17.2 Å². The summed E-state index contributed by atoms with van der Waals surface area (Å²) in [5, 5.41) is 16.0. The van der Waals surface area contributed by atoms with Crippen LogP contribution in [0.5, 0.6) is 0 Å². The number of nitrogens with one attached hydrogen (secondary N) is 2. The van der Waals surface area contributed by atoms with E-state index in [1.165, 1.54) is 23.5 Å². The highest BCUT2D eigenvalue weighted by molar-refractivity contribution is 7.22. The summed E-state index contributed by atoms with van der Waals surface area (Å²) in [6, 6.07) is 12.3. The van der Waals surface area contributed by atoms with Gasteiger partial charge in [0.25, 0.3) is 5.91 Å². The largest absolute Gasteiger partial charge is 0.378 e. The highest BCUT2D eigenvalue weighted by Crippen LogP contribution is 2.26. The zero-order valence-corrected chi connectivity index (χ0v) is 14.8. The lowest BCUT2D eigenvalue weighted by Gasteiger charge is -2.09. The van der Waals surface area contributed by atoms with E-state index in [2.05, 4.69) is 21.7 Å². The molecule has 0 fully saturated rings. The number of aryl methyl sites for hydroxylation is 1. The summed E-state index contributed by atoms with van der Waals surface area (Å²) >= 11 is 1.49. The number of anilines is 2. The Kier molecular flexibility index (Phi) is 5.15. The fraction of sp³-hybridized carbons (Fsp3) is 0.167. The summed E-state index contributed by atoms with van der Waals surface area (Å²) < 4.78 is 1.07. The third kappa shape index (κ3) is 4.16. The van der Waals surface area contributed by atoms with Crippen LogP contribution in [-0.2, 0) is 9.59 Å². The average Bonchev–Trinajstić information content (AvgIpc) is 3.02. The number of benzene rings is 2. The standard InChI is InChI=1S/C18H18N4O3S/c1-10-2-7-13-14(8-10)26-18(22-13)20-9-15(23)21-12-5-3-11(4-6-12)16(24)17(19)25/h2-8,16,24H,9H2,1H3,(H2,19,25)(H,20,22)(H,21,23). The fourth-order valence-corrected chi connectivity index (χ4v) is 3.34. The molecule has 1 unspecified atom stereocenters. The second-order valence-electron chi connectivity index (χ2n) is 5.82. The number of aromatic nitrogens is 1. The van der Waals surface area contributed by atoms with E-state index in [1.807, 2.05) is 19.1 Å². The third-order valence-electron chi connectivity index (χ3n) is 3.72. The van der Waals surface area contributed by atoms with Gasteiger partial charge >= 0.3 is 0 Å². The van der Waals surface area contributed by atoms with Crippen molar-refractivity contribution in [2.45, 2.75) is 13.0 Å². The molecule has 0 saturated carbocycles. The van der Waals surface area contributed by atoms with Gasteiger partial charge in [0.15, 0.2) is 11.2 Å². The van der Waals surface area contributed by atoms with Crippen LogP contribution >= 0.6 is 11.3 Å². The third-order valence-corrected chi connectivity index (χ3v) is 4.70. The van der Waals surface area contributed by atoms with Crippen molar-refractivity contribution in [3.05, 3.63) is 53.6 Å². The minimum absolute atomic E-state index is 0.0739. The van der Waals surface area contributed by atoms with Gasteiger partial charge < -0.3 is 21.5 Å². The molecule has 134 valence electrons. The van der Waals surface area contributed by atoms with Crippen LogP contribution in [0.2, 0.25) is 0 Å². The first-order valence-electron chi connectivity index (χ1n) is 7.90. The molecule has 26 heavy (non-hydrogen) atoms. The van der Waals surface area contributed by atoms with Crippen molar-refractivity contribution < 1.29 is 14.7 Å². The molecule has 7 nitrogen and oxygen atoms in total. The maximum atomic E-state index is 12.1. The summed E-state index contributed by atoms with van der Waals surface area (Å²) in [4.78, 5) is 27.5. The predicted octanol–water partition coefficient (Wildman–Crippen LogP) is 2.17. The lowest BCUT2D eigenvalue weighted by atomic mass is 10.1. The zero-order valence-electron chi connectivity index (χ0n) is 14.0. The Labute approximate surface area is 153 Å². The summed E-state index contributed by atoms with van der Waals surface area (Å²) in [5.41, 5.74) is 8.03. The number of hydrogen-bond donors (Lipinski definition) is 4. The highest BCUT2D eigenvalue weighted by atomic mass is 32.1. The number of fused-ring (bicyclic) bond motifs is 1. The number of rotatable bonds is 6. The van der Waals surface area contributed by atoms with Gasteiger partial charge in [-0.3, -0.25) is 9.59 Å². The number of nitrogens with two attached hydrogens (primary N) is 1. The number of amides is 2. The van der Waals surface area contributed by atoms with E-state index in [-0.39, 0.29) is 12.5 Å². The van der Waals surface area contributed by atoms with Gasteiger partial charge in [0.2, 0.25) is 5.91 Å². The molecule has 3 aromatic rings. The van der Waals surface area contributed by atoms with Crippen molar-refractivity contribution in [1.29, 1.82) is 0 Å². The van der Waals surface area contributed by atoms with Gasteiger partial charge in [0.1, 0.15) is 0 Å². The maximum Gasteiger partial charge on any atom is 0.250 e. The van der Waals surface area contributed by atoms with E-state index < -0.39 is 12.0 Å². The Morgan fingerprint density at radius 2 is 1.96 bits per heavy atom. The van der Waals surface area contributed by atoms with E-state index >= 15 is 0 Å². The number of carbonyl (C=O) groups excluding carboxylic acids is 2. The fourth-order valence-electron chi connectivity index (χ4n) is 2.38. The topological polar surface area (TPSA) is 117 Å². The molecule has 0 bridgehead atoms. The van der Waals surface area contributed by atoms with E-state index in [0.717, 1.165) is 15.8 Å². The van der Waals surface area contributed by atoms with Crippen LogP contribution in [0.4, 0.5) is 10.8 Å². The van der Waals surface area contributed by atoms with Gasteiger partial charge in [-0.25, -0.2) is 4.98 Å². The first kappa shape index (κ1) is 17.8. The first-order valence-corrected chi connectivity index (χ1v) is 8.72. The number of aliphatic hydroxyl groups excluding tert-OH is 1.